The standard InChI is InChI=1S/C12H17NO/c1-9(13-12-5-6-12)11-4-2-3-10(7-11)8-14/h2-4,7,9,12-14H,5-6,8H2,1H3. The molecule has 0 radical (unpaired) electrons. The molecule has 0 saturated heterocycles. The minimum Gasteiger partial charge on any atom is -0.392 e. The van der Waals surface area contributed by atoms with Gasteiger partial charge in [-0.3, -0.25) is 0 Å². The van der Waals surface area contributed by atoms with Crippen molar-refractivity contribution in [1.29, 1.82) is 0 Å². The molecule has 0 bridgehead atoms. The summed E-state index contributed by atoms with van der Waals surface area (Å²) in [6.45, 7) is 2.30. The Morgan fingerprint density at radius 1 is 1.50 bits per heavy atom. The lowest BCUT2D eigenvalue weighted by Gasteiger charge is -2.14. The Hall–Kier alpha value is -0.860. The molecule has 76 valence electrons. The number of nitrogens with one attached hydrogen (secondary N) is 1. The van der Waals surface area contributed by atoms with Crippen molar-refractivity contribution in [2.24, 2.45) is 0 Å². The minimum absolute atomic E-state index is 0.129. The Kier molecular flexibility index (Phi) is 2.85. The predicted octanol–water partition coefficient (Wildman–Crippen LogP) is 1.99. The van der Waals surface area contributed by atoms with Crippen molar-refractivity contribution in [1.82, 2.24) is 5.32 Å². The Balaban J connectivity index is 2.05. The largest absolute Gasteiger partial charge is 0.392 e. The molecule has 0 spiro atoms. The van der Waals surface area contributed by atoms with Crippen LogP contribution >= 0.6 is 0 Å². The number of hydrogen-bond donors (Lipinski definition) is 2. The van der Waals surface area contributed by atoms with Gasteiger partial charge in [-0.05, 0) is 30.9 Å². The van der Waals surface area contributed by atoms with Gasteiger partial charge in [0.25, 0.3) is 0 Å². The highest BCUT2D eigenvalue weighted by Gasteiger charge is 2.23. The second-order valence-corrected chi connectivity index (χ2v) is 4.07. The van der Waals surface area contributed by atoms with Crippen LogP contribution in [0.1, 0.15) is 36.9 Å². The third-order valence-electron chi connectivity index (χ3n) is 2.70. The smallest absolute Gasteiger partial charge is 0.0681 e. The zero-order valence-electron chi connectivity index (χ0n) is 8.53. The van der Waals surface area contributed by atoms with Gasteiger partial charge in [0.1, 0.15) is 0 Å². The van der Waals surface area contributed by atoms with E-state index in [-0.39, 0.29) is 6.61 Å². The van der Waals surface area contributed by atoms with E-state index < -0.39 is 0 Å². The van der Waals surface area contributed by atoms with E-state index in [1.54, 1.807) is 0 Å². The maximum absolute atomic E-state index is 9.02. The average molecular weight is 191 g/mol. The van der Waals surface area contributed by atoms with Gasteiger partial charge in [0, 0.05) is 12.1 Å². The lowest BCUT2D eigenvalue weighted by atomic mass is 10.1. The molecule has 1 saturated carbocycles. The highest BCUT2D eigenvalue weighted by atomic mass is 16.3. The molecule has 0 aliphatic heterocycles. The molecule has 1 fully saturated rings. The lowest BCUT2D eigenvalue weighted by molar-refractivity contribution is 0.281. The first-order valence-electron chi connectivity index (χ1n) is 5.25. The third kappa shape index (κ3) is 2.34. The van der Waals surface area contributed by atoms with E-state index in [1.165, 1.54) is 18.4 Å². The Labute approximate surface area is 85.0 Å². The maximum atomic E-state index is 9.02. The van der Waals surface area contributed by atoms with Gasteiger partial charge in [0.05, 0.1) is 6.61 Å². The fraction of sp³-hybridized carbons (Fsp3) is 0.500. The van der Waals surface area contributed by atoms with Crippen LogP contribution < -0.4 is 5.32 Å². The molecule has 1 aromatic carbocycles. The van der Waals surface area contributed by atoms with Gasteiger partial charge in [-0.2, -0.15) is 0 Å². The number of rotatable bonds is 4. The Morgan fingerprint density at radius 3 is 2.93 bits per heavy atom. The van der Waals surface area contributed by atoms with Crippen molar-refractivity contribution in [2.75, 3.05) is 0 Å². The molecule has 2 nitrogen and oxygen atoms in total. The quantitative estimate of drug-likeness (QED) is 0.763. The molecule has 1 atom stereocenters. The Morgan fingerprint density at radius 2 is 2.29 bits per heavy atom. The molecule has 1 aromatic rings. The molecule has 14 heavy (non-hydrogen) atoms. The van der Waals surface area contributed by atoms with Gasteiger partial charge in [-0.15, -0.1) is 0 Å². The SMILES string of the molecule is CC(NC1CC1)c1cccc(CO)c1. The van der Waals surface area contributed by atoms with E-state index in [2.05, 4.69) is 24.4 Å². The van der Waals surface area contributed by atoms with Crippen LogP contribution in [0.15, 0.2) is 24.3 Å². The number of hydrogen-bond acceptors (Lipinski definition) is 2. The van der Waals surface area contributed by atoms with Gasteiger partial charge in [0.2, 0.25) is 0 Å². The first-order valence-corrected chi connectivity index (χ1v) is 5.25. The first-order chi connectivity index (χ1) is 6.79. The van der Waals surface area contributed by atoms with E-state index in [9.17, 15) is 0 Å². The van der Waals surface area contributed by atoms with Crippen molar-refractivity contribution >= 4 is 0 Å². The van der Waals surface area contributed by atoms with Gasteiger partial charge in [0.15, 0.2) is 0 Å². The summed E-state index contributed by atoms with van der Waals surface area (Å²) >= 11 is 0. The third-order valence-corrected chi connectivity index (χ3v) is 2.70. The molecule has 1 aliphatic rings. The van der Waals surface area contributed by atoms with Gasteiger partial charge in [-0.1, -0.05) is 24.3 Å². The fourth-order valence-corrected chi connectivity index (χ4v) is 1.66. The van der Waals surface area contributed by atoms with Crippen molar-refractivity contribution < 1.29 is 5.11 Å². The van der Waals surface area contributed by atoms with Gasteiger partial charge in [-0.25, -0.2) is 0 Å². The molecule has 2 heteroatoms. The van der Waals surface area contributed by atoms with Crippen molar-refractivity contribution in [3.8, 4) is 0 Å². The highest BCUT2D eigenvalue weighted by Crippen LogP contribution is 2.24. The molecular weight excluding hydrogens is 174 g/mol. The molecule has 0 heterocycles. The predicted molar refractivity (Wildman–Crippen MR) is 56.9 cm³/mol. The van der Waals surface area contributed by atoms with E-state index in [4.69, 9.17) is 5.11 Å². The van der Waals surface area contributed by atoms with E-state index >= 15 is 0 Å². The summed E-state index contributed by atoms with van der Waals surface area (Å²) in [4.78, 5) is 0. The van der Waals surface area contributed by atoms with Gasteiger partial charge >= 0.3 is 0 Å². The normalized spacial score (nSPS) is 18.1. The molecule has 1 unspecified atom stereocenters. The topological polar surface area (TPSA) is 32.3 Å². The van der Waals surface area contributed by atoms with Crippen LogP contribution in [0, 0.1) is 0 Å². The van der Waals surface area contributed by atoms with E-state index in [0.717, 1.165) is 11.6 Å². The van der Waals surface area contributed by atoms with Crippen molar-refractivity contribution in [3.05, 3.63) is 35.4 Å². The minimum atomic E-state index is 0.129. The first kappa shape index (κ1) is 9.69. The van der Waals surface area contributed by atoms with E-state index in [1.807, 2.05) is 12.1 Å². The van der Waals surface area contributed by atoms with Crippen LogP contribution in [-0.4, -0.2) is 11.1 Å². The molecule has 0 amide bonds. The highest BCUT2D eigenvalue weighted by molar-refractivity contribution is 5.25. The summed E-state index contributed by atoms with van der Waals surface area (Å²) in [7, 11) is 0. The number of aliphatic hydroxyl groups excluding tert-OH is 1. The van der Waals surface area contributed by atoms with Crippen molar-refractivity contribution in [2.45, 2.75) is 38.5 Å². The van der Waals surface area contributed by atoms with Crippen LogP contribution in [0.2, 0.25) is 0 Å². The summed E-state index contributed by atoms with van der Waals surface area (Å²) in [6.07, 6.45) is 2.62. The van der Waals surface area contributed by atoms with Crippen LogP contribution in [0.5, 0.6) is 0 Å². The molecule has 1 aliphatic carbocycles. The molecule has 0 aromatic heterocycles. The molecule has 2 rings (SSSR count). The second-order valence-electron chi connectivity index (χ2n) is 4.07. The van der Waals surface area contributed by atoms with Crippen molar-refractivity contribution in [3.63, 3.8) is 0 Å². The average Bonchev–Trinajstić information content (AvgIpc) is 3.02. The van der Waals surface area contributed by atoms with E-state index in [0.29, 0.717) is 6.04 Å². The number of aliphatic hydroxyl groups is 1. The second kappa shape index (κ2) is 4.11. The Bertz CT molecular complexity index is 307. The van der Waals surface area contributed by atoms with Gasteiger partial charge < -0.3 is 10.4 Å². The summed E-state index contributed by atoms with van der Waals surface area (Å²) in [6, 6.07) is 9.26. The van der Waals surface area contributed by atoms with Crippen LogP contribution in [0.25, 0.3) is 0 Å². The zero-order valence-corrected chi connectivity index (χ0v) is 8.53. The molecule has 2 N–H and O–H groups in total. The molecular formula is C12H17NO. The fourth-order valence-electron chi connectivity index (χ4n) is 1.66. The summed E-state index contributed by atoms with van der Waals surface area (Å²) in [5.74, 6) is 0. The van der Waals surface area contributed by atoms with Crippen LogP contribution in [0.3, 0.4) is 0 Å². The lowest BCUT2D eigenvalue weighted by Crippen LogP contribution is -2.20. The van der Waals surface area contributed by atoms with Crippen LogP contribution in [-0.2, 0) is 6.61 Å². The van der Waals surface area contributed by atoms with Crippen LogP contribution in [0.4, 0.5) is 0 Å². The number of benzene rings is 1. The zero-order chi connectivity index (χ0) is 9.97. The maximum Gasteiger partial charge on any atom is 0.0681 e. The summed E-state index contributed by atoms with van der Waals surface area (Å²) < 4.78 is 0. The summed E-state index contributed by atoms with van der Waals surface area (Å²) in [5, 5.41) is 12.6. The monoisotopic (exact) mass is 191 g/mol. The summed E-state index contributed by atoms with van der Waals surface area (Å²) in [5.41, 5.74) is 2.26.